The fourth-order valence-corrected chi connectivity index (χ4v) is 1.63. The van der Waals surface area contributed by atoms with E-state index in [0.717, 1.165) is 0 Å². The molecule has 1 rings (SSSR count). The Morgan fingerprint density at radius 3 is 2.40 bits per heavy atom. The molecule has 0 spiro atoms. The number of hydrogen-bond acceptors (Lipinski definition) is 1. The molecule has 0 saturated heterocycles. The minimum atomic E-state index is 0.0142. The van der Waals surface area contributed by atoms with E-state index in [0.29, 0.717) is 5.92 Å². The smallest absolute Gasteiger partial charge is 0.0690 e. The lowest BCUT2D eigenvalue weighted by atomic mass is 9.85. The number of rotatable bonds is 1. The molecule has 0 heterocycles. The van der Waals surface area contributed by atoms with Crippen LogP contribution in [0.5, 0.6) is 0 Å². The summed E-state index contributed by atoms with van der Waals surface area (Å²) in [5.74, 6) is 3.22. The molecule has 0 unspecified atom stereocenters. The zero-order valence-corrected chi connectivity index (χ0v) is 6.34. The summed E-state index contributed by atoms with van der Waals surface area (Å²) in [6.45, 7) is 0. The van der Waals surface area contributed by atoms with Gasteiger partial charge in [0, 0.05) is 0 Å². The Kier molecular flexibility index (Phi) is 2.77. The van der Waals surface area contributed by atoms with E-state index in [1.54, 1.807) is 0 Å². The molecule has 1 aliphatic carbocycles. The van der Waals surface area contributed by atoms with Crippen molar-refractivity contribution in [3.8, 4) is 12.3 Å². The maximum Gasteiger partial charge on any atom is 0.0690 e. The zero-order valence-electron chi connectivity index (χ0n) is 6.34. The van der Waals surface area contributed by atoms with Gasteiger partial charge in [0.1, 0.15) is 0 Å². The van der Waals surface area contributed by atoms with E-state index >= 15 is 0 Å². The Bertz CT molecular complexity index is 128. The molecule has 0 amide bonds. The quantitative estimate of drug-likeness (QED) is 0.545. The van der Waals surface area contributed by atoms with Gasteiger partial charge in [-0.15, -0.1) is 6.42 Å². The first kappa shape index (κ1) is 7.63. The molecule has 1 fully saturated rings. The van der Waals surface area contributed by atoms with Gasteiger partial charge >= 0.3 is 0 Å². The standard InChI is InChI=1S/C9H15N/c1-2-9(10)8-6-4-3-5-7-8/h1,8-9H,3-7,10H2/t9-/m0/s1. The largest absolute Gasteiger partial charge is 0.317 e. The first-order chi connectivity index (χ1) is 4.84. The molecule has 2 N–H and O–H groups in total. The van der Waals surface area contributed by atoms with Crippen molar-refractivity contribution in [3.05, 3.63) is 0 Å². The van der Waals surface area contributed by atoms with Gasteiger partial charge < -0.3 is 5.73 Å². The third-order valence-electron chi connectivity index (χ3n) is 2.35. The predicted octanol–water partition coefficient (Wildman–Crippen LogP) is 1.53. The average Bonchev–Trinajstić information content (AvgIpc) is 2.05. The van der Waals surface area contributed by atoms with Crippen molar-refractivity contribution in [2.24, 2.45) is 11.7 Å². The van der Waals surface area contributed by atoms with Crippen LogP contribution in [0.4, 0.5) is 0 Å². The molecular formula is C9H15N. The molecule has 0 aromatic rings. The second-order valence-corrected chi connectivity index (χ2v) is 3.09. The summed E-state index contributed by atoms with van der Waals surface area (Å²) in [7, 11) is 0. The minimum Gasteiger partial charge on any atom is -0.317 e. The van der Waals surface area contributed by atoms with Crippen LogP contribution in [-0.2, 0) is 0 Å². The Hall–Kier alpha value is -0.480. The summed E-state index contributed by atoms with van der Waals surface area (Å²) < 4.78 is 0. The Labute approximate surface area is 63.0 Å². The number of hydrogen-bond donors (Lipinski definition) is 1. The Morgan fingerprint density at radius 1 is 1.30 bits per heavy atom. The molecule has 0 aliphatic heterocycles. The monoisotopic (exact) mass is 137 g/mol. The van der Waals surface area contributed by atoms with Crippen LogP contribution >= 0.6 is 0 Å². The first-order valence-corrected chi connectivity index (χ1v) is 4.06. The van der Waals surface area contributed by atoms with Crippen LogP contribution in [0.3, 0.4) is 0 Å². The molecule has 1 heteroatoms. The lowest BCUT2D eigenvalue weighted by molar-refractivity contribution is 0.337. The maximum atomic E-state index is 5.71. The van der Waals surface area contributed by atoms with E-state index in [9.17, 15) is 0 Å². The summed E-state index contributed by atoms with van der Waals surface area (Å²) in [4.78, 5) is 0. The van der Waals surface area contributed by atoms with Crippen LogP contribution < -0.4 is 5.73 Å². The Balaban J connectivity index is 2.33. The van der Waals surface area contributed by atoms with Crippen molar-refractivity contribution < 1.29 is 0 Å². The van der Waals surface area contributed by atoms with Crippen molar-refractivity contribution in [2.75, 3.05) is 0 Å². The van der Waals surface area contributed by atoms with Crippen LogP contribution in [0.25, 0.3) is 0 Å². The lowest BCUT2D eigenvalue weighted by Gasteiger charge is -2.23. The van der Waals surface area contributed by atoms with Gasteiger partial charge in [0.2, 0.25) is 0 Å². The first-order valence-electron chi connectivity index (χ1n) is 4.06. The van der Waals surface area contributed by atoms with E-state index in [-0.39, 0.29) is 6.04 Å². The Morgan fingerprint density at radius 2 is 1.90 bits per heavy atom. The third kappa shape index (κ3) is 1.75. The van der Waals surface area contributed by atoms with E-state index in [4.69, 9.17) is 12.2 Å². The topological polar surface area (TPSA) is 26.0 Å². The molecule has 0 aromatic heterocycles. The highest BCUT2D eigenvalue weighted by molar-refractivity contribution is 5.00. The highest BCUT2D eigenvalue weighted by Crippen LogP contribution is 2.25. The third-order valence-corrected chi connectivity index (χ3v) is 2.35. The van der Waals surface area contributed by atoms with E-state index in [1.165, 1.54) is 32.1 Å². The van der Waals surface area contributed by atoms with Crippen molar-refractivity contribution in [3.63, 3.8) is 0 Å². The molecule has 0 bridgehead atoms. The molecular weight excluding hydrogens is 122 g/mol. The summed E-state index contributed by atoms with van der Waals surface area (Å²) in [6, 6.07) is 0.0142. The van der Waals surface area contributed by atoms with Gasteiger partial charge in [-0.05, 0) is 18.8 Å². The van der Waals surface area contributed by atoms with Gasteiger partial charge in [-0.3, -0.25) is 0 Å². The van der Waals surface area contributed by atoms with E-state index in [1.807, 2.05) is 0 Å². The summed E-state index contributed by atoms with van der Waals surface area (Å²) in [6.07, 6.45) is 11.7. The summed E-state index contributed by atoms with van der Waals surface area (Å²) in [5, 5.41) is 0. The fraction of sp³-hybridized carbons (Fsp3) is 0.778. The molecule has 1 nitrogen and oxygen atoms in total. The van der Waals surface area contributed by atoms with Crippen molar-refractivity contribution >= 4 is 0 Å². The second kappa shape index (κ2) is 3.63. The number of terminal acetylenes is 1. The highest BCUT2D eigenvalue weighted by atomic mass is 14.6. The summed E-state index contributed by atoms with van der Waals surface area (Å²) in [5.41, 5.74) is 5.71. The SMILES string of the molecule is C#C[C@H](N)C1CCCCC1. The van der Waals surface area contributed by atoms with Crippen molar-refractivity contribution in [2.45, 2.75) is 38.1 Å². The summed E-state index contributed by atoms with van der Waals surface area (Å²) >= 11 is 0. The lowest BCUT2D eigenvalue weighted by Crippen LogP contribution is -2.29. The second-order valence-electron chi connectivity index (χ2n) is 3.09. The van der Waals surface area contributed by atoms with Gasteiger partial charge in [0.05, 0.1) is 6.04 Å². The van der Waals surface area contributed by atoms with Gasteiger partial charge in [-0.1, -0.05) is 25.2 Å². The van der Waals surface area contributed by atoms with Crippen LogP contribution in [0.1, 0.15) is 32.1 Å². The molecule has 10 heavy (non-hydrogen) atoms. The molecule has 0 radical (unpaired) electrons. The maximum absolute atomic E-state index is 5.71. The van der Waals surface area contributed by atoms with Gasteiger partial charge in [0.15, 0.2) is 0 Å². The molecule has 1 aliphatic rings. The minimum absolute atomic E-state index is 0.0142. The van der Waals surface area contributed by atoms with E-state index in [2.05, 4.69) is 5.92 Å². The van der Waals surface area contributed by atoms with E-state index < -0.39 is 0 Å². The van der Waals surface area contributed by atoms with Crippen molar-refractivity contribution in [1.29, 1.82) is 0 Å². The molecule has 1 atom stereocenters. The van der Waals surface area contributed by atoms with Crippen LogP contribution in [0.15, 0.2) is 0 Å². The van der Waals surface area contributed by atoms with Crippen LogP contribution in [-0.4, -0.2) is 6.04 Å². The van der Waals surface area contributed by atoms with Crippen LogP contribution in [0, 0.1) is 18.3 Å². The molecule has 1 saturated carbocycles. The van der Waals surface area contributed by atoms with Gasteiger partial charge in [-0.25, -0.2) is 0 Å². The van der Waals surface area contributed by atoms with Gasteiger partial charge in [-0.2, -0.15) is 0 Å². The zero-order chi connectivity index (χ0) is 7.40. The normalized spacial score (nSPS) is 23.6. The molecule has 56 valence electrons. The fourth-order valence-electron chi connectivity index (χ4n) is 1.63. The predicted molar refractivity (Wildman–Crippen MR) is 43.4 cm³/mol. The number of nitrogens with two attached hydrogens (primary N) is 1. The van der Waals surface area contributed by atoms with Crippen molar-refractivity contribution in [1.82, 2.24) is 0 Å². The highest BCUT2D eigenvalue weighted by Gasteiger charge is 2.17. The average molecular weight is 137 g/mol. The van der Waals surface area contributed by atoms with Gasteiger partial charge in [0.25, 0.3) is 0 Å². The molecule has 0 aromatic carbocycles. The van der Waals surface area contributed by atoms with Crippen LogP contribution in [0.2, 0.25) is 0 Å².